The Morgan fingerprint density at radius 3 is 2.57 bits per heavy atom. The summed E-state index contributed by atoms with van der Waals surface area (Å²) in [6, 6.07) is 10.6. The monoisotopic (exact) mass is 311 g/mol. The third-order valence-electron chi connectivity index (χ3n) is 4.20. The molecule has 1 saturated heterocycles. The number of anilines is 2. The van der Waals surface area contributed by atoms with Crippen molar-refractivity contribution < 1.29 is 0 Å². The van der Waals surface area contributed by atoms with Crippen LogP contribution in [-0.4, -0.2) is 48.1 Å². The molecular formula is C18H25N5. The molecule has 5 nitrogen and oxygen atoms in total. The highest BCUT2D eigenvalue weighted by Crippen LogP contribution is 2.17. The zero-order valence-corrected chi connectivity index (χ0v) is 14.2. The van der Waals surface area contributed by atoms with Gasteiger partial charge in [-0.1, -0.05) is 29.8 Å². The van der Waals surface area contributed by atoms with E-state index in [1.807, 2.05) is 6.92 Å². The molecule has 0 aliphatic carbocycles. The largest absolute Gasteiger partial charge is 0.354 e. The van der Waals surface area contributed by atoms with Gasteiger partial charge >= 0.3 is 0 Å². The molecule has 0 atom stereocenters. The molecule has 5 heteroatoms. The number of hydrogen-bond donors (Lipinski definition) is 1. The fourth-order valence-electron chi connectivity index (χ4n) is 2.83. The number of nitrogens with one attached hydrogen (secondary N) is 1. The van der Waals surface area contributed by atoms with Crippen molar-refractivity contribution in [2.24, 2.45) is 0 Å². The molecule has 1 aliphatic rings. The van der Waals surface area contributed by atoms with E-state index in [1.54, 1.807) is 0 Å². The lowest BCUT2D eigenvalue weighted by Gasteiger charge is -2.33. The Morgan fingerprint density at radius 1 is 1.04 bits per heavy atom. The zero-order valence-electron chi connectivity index (χ0n) is 14.2. The van der Waals surface area contributed by atoms with Crippen molar-refractivity contribution in [3.8, 4) is 0 Å². The number of piperazine rings is 1. The molecule has 122 valence electrons. The van der Waals surface area contributed by atoms with Crippen molar-refractivity contribution in [3.05, 3.63) is 47.2 Å². The Hall–Kier alpha value is -2.14. The first-order chi connectivity index (χ1) is 11.1. The number of likely N-dealkylation sites (N-methyl/N-ethyl adjacent to an activating group) is 1. The van der Waals surface area contributed by atoms with Crippen LogP contribution in [0.25, 0.3) is 0 Å². The van der Waals surface area contributed by atoms with Gasteiger partial charge in [-0.2, -0.15) is 4.98 Å². The van der Waals surface area contributed by atoms with Crippen LogP contribution < -0.4 is 10.2 Å². The molecule has 0 spiro atoms. The van der Waals surface area contributed by atoms with Crippen molar-refractivity contribution in [2.75, 3.05) is 43.4 Å². The van der Waals surface area contributed by atoms with Gasteiger partial charge in [0.15, 0.2) is 0 Å². The number of rotatable bonds is 4. The summed E-state index contributed by atoms with van der Waals surface area (Å²) in [5.74, 6) is 1.73. The van der Waals surface area contributed by atoms with Gasteiger partial charge in [0.05, 0.1) is 0 Å². The molecular weight excluding hydrogens is 286 g/mol. The minimum absolute atomic E-state index is 0.709. The molecule has 0 unspecified atom stereocenters. The molecule has 1 fully saturated rings. The van der Waals surface area contributed by atoms with Crippen molar-refractivity contribution in [1.29, 1.82) is 0 Å². The molecule has 0 amide bonds. The first-order valence-electron chi connectivity index (χ1n) is 8.19. The minimum Gasteiger partial charge on any atom is -0.354 e. The van der Waals surface area contributed by atoms with Gasteiger partial charge in [0.25, 0.3) is 0 Å². The van der Waals surface area contributed by atoms with Crippen LogP contribution in [0, 0.1) is 13.8 Å². The van der Waals surface area contributed by atoms with Gasteiger partial charge in [0.2, 0.25) is 5.95 Å². The van der Waals surface area contributed by atoms with E-state index < -0.39 is 0 Å². The smallest absolute Gasteiger partial charge is 0.225 e. The topological polar surface area (TPSA) is 44.3 Å². The van der Waals surface area contributed by atoms with E-state index in [9.17, 15) is 0 Å². The molecule has 1 N–H and O–H groups in total. The lowest BCUT2D eigenvalue weighted by Crippen LogP contribution is -2.44. The van der Waals surface area contributed by atoms with Gasteiger partial charge in [-0.15, -0.1) is 0 Å². The highest BCUT2D eigenvalue weighted by molar-refractivity contribution is 5.45. The average Bonchev–Trinajstić information content (AvgIpc) is 2.53. The Bertz CT molecular complexity index is 662. The molecule has 0 radical (unpaired) electrons. The Balaban J connectivity index is 1.70. The van der Waals surface area contributed by atoms with E-state index in [0.29, 0.717) is 5.95 Å². The van der Waals surface area contributed by atoms with Crippen LogP contribution in [0.5, 0.6) is 0 Å². The highest BCUT2D eigenvalue weighted by atomic mass is 15.3. The van der Waals surface area contributed by atoms with E-state index >= 15 is 0 Å². The van der Waals surface area contributed by atoms with Gasteiger partial charge < -0.3 is 15.1 Å². The first kappa shape index (κ1) is 15.7. The van der Waals surface area contributed by atoms with Gasteiger partial charge in [-0.25, -0.2) is 4.98 Å². The van der Waals surface area contributed by atoms with Gasteiger partial charge in [-0.3, -0.25) is 0 Å². The van der Waals surface area contributed by atoms with Gasteiger partial charge in [0.1, 0.15) is 5.82 Å². The Morgan fingerprint density at radius 2 is 1.83 bits per heavy atom. The SMILES string of the molecule is Cc1cccc(CNc2nc(C)cc(N3CCN(C)CC3)n2)c1. The van der Waals surface area contributed by atoms with Crippen LogP contribution in [0.15, 0.2) is 30.3 Å². The molecule has 23 heavy (non-hydrogen) atoms. The summed E-state index contributed by atoms with van der Waals surface area (Å²) in [5.41, 5.74) is 3.52. The summed E-state index contributed by atoms with van der Waals surface area (Å²) >= 11 is 0. The molecule has 2 heterocycles. The molecule has 3 rings (SSSR count). The fourth-order valence-corrected chi connectivity index (χ4v) is 2.83. The van der Waals surface area contributed by atoms with E-state index in [1.165, 1.54) is 11.1 Å². The first-order valence-corrected chi connectivity index (χ1v) is 8.19. The maximum absolute atomic E-state index is 4.70. The number of nitrogens with zero attached hydrogens (tertiary/aromatic N) is 4. The van der Waals surface area contributed by atoms with Crippen LogP contribution in [0.3, 0.4) is 0 Å². The number of benzene rings is 1. The molecule has 1 aromatic carbocycles. The van der Waals surface area contributed by atoms with E-state index in [-0.39, 0.29) is 0 Å². The second-order valence-corrected chi connectivity index (χ2v) is 6.32. The third kappa shape index (κ3) is 4.20. The normalized spacial score (nSPS) is 15.7. The van der Waals surface area contributed by atoms with Crippen molar-refractivity contribution in [3.63, 3.8) is 0 Å². The predicted octanol–water partition coefficient (Wildman–Crippen LogP) is 2.46. The van der Waals surface area contributed by atoms with Gasteiger partial charge in [-0.05, 0) is 26.5 Å². The Labute approximate surface area is 138 Å². The summed E-state index contributed by atoms with van der Waals surface area (Å²) in [6.45, 7) is 9.07. The predicted molar refractivity (Wildman–Crippen MR) is 95.0 cm³/mol. The number of hydrogen-bond acceptors (Lipinski definition) is 5. The second-order valence-electron chi connectivity index (χ2n) is 6.32. The van der Waals surface area contributed by atoms with Crippen LogP contribution in [0.4, 0.5) is 11.8 Å². The molecule has 0 saturated carbocycles. The second kappa shape index (κ2) is 6.96. The summed E-state index contributed by atoms with van der Waals surface area (Å²) in [7, 11) is 2.16. The standard InChI is InChI=1S/C18H25N5/c1-14-5-4-6-16(11-14)13-19-18-20-15(2)12-17(21-18)23-9-7-22(3)8-10-23/h4-6,11-12H,7-10,13H2,1-3H3,(H,19,20,21). The molecule has 1 aromatic heterocycles. The molecule has 2 aromatic rings. The van der Waals surface area contributed by atoms with Crippen molar-refractivity contribution >= 4 is 11.8 Å². The summed E-state index contributed by atoms with van der Waals surface area (Å²) < 4.78 is 0. The van der Waals surface area contributed by atoms with Crippen LogP contribution in [-0.2, 0) is 6.54 Å². The van der Waals surface area contributed by atoms with E-state index in [2.05, 4.69) is 64.4 Å². The molecule has 1 aliphatic heterocycles. The lowest BCUT2D eigenvalue weighted by molar-refractivity contribution is 0.312. The average molecular weight is 311 g/mol. The van der Waals surface area contributed by atoms with Crippen LogP contribution >= 0.6 is 0 Å². The van der Waals surface area contributed by atoms with Crippen LogP contribution in [0.1, 0.15) is 16.8 Å². The van der Waals surface area contributed by atoms with Crippen molar-refractivity contribution in [1.82, 2.24) is 14.9 Å². The summed E-state index contributed by atoms with van der Waals surface area (Å²) in [4.78, 5) is 13.9. The molecule has 0 bridgehead atoms. The summed E-state index contributed by atoms with van der Waals surface area (Å²) in [5, 5.41) is 3.36. The Kier molecular flexibility index (Phi) is 4.76. The maximum Gasteiger partial charge on any atom is 0.225 e. The zero-order chi connectivity index (χ0) is 16.2. The van der Waals surface area contributed by atoms with E-state index in [0.717, 1.165) is 44.2 Å². The minimum atomic E-state index is 0.709. The lowest BCUT2D eigenvalue weighted by atomic mass is 10.1. The van der Waals surface area contributed by atoms with E-state index in [4.69, 9.17) is 4.98 Å². The number of aryl methyl sites for hydroxylation is 2. The highest BCUT2D eigenvalue weighted by Gasteiger charge is 2.16. The van der Waals surface area contributed by atoms with Crippen molar-refractivity contribution in [2.45, 2.75) is 20.4 Å². The summed E-state index contributed by atoms with van der Waals surface area (Å²) in [6.07, 6.45) is 0. The third-order valence-corrected chi connectivity index (χ3v) is 4.20. The van der Waals surface area contributed by atoms with Crippen LogP contribution in [0.2, 0.25) is 0 Å². The van der Waals surface area contributed by atoms with Gasteiger partial charge in [0, 0.05) is 44.5 Å². The number of aromatic nitrogens is 2. The maximum atomic E-state index is 4.70. The quantitative estimate of drug-likeness (QED) is 0.939. The fraction of sp³-hybridized carbons (Fsp3) is 0.444.